The van der Waals surface area contributed by atoms with Crippen LogP contribution >= 0.6 is 0 Å². The molecular weight excluding hydrogens is 326 g/mol. The van der Waals surface area contributed by atoms with Crippen molar-refractivity contribution >= 4 is 15.8 Å². The number of anilines is 1. The van der Waals surface area contributed by atoms with Gasteiger partial charge in [-0.25, -0.2) is 13.4 Å². The molecule has 1 N–H and O–H groups in total. The van der Waals surface area contributed by atoms with Gasteiger partial charge in [0, 0.05) is 12.7 Å². The van der Waals surface area contributed by atoms with Gasteiger partial charge in [0.15, 0.2) is 0 Å². The largest absolute Gasteiger partial charge is 0.496 e. The van der Waals surface area contributed by atoms with Crippen LogP contribution in [-0.4, -0.2) is 39.5 Å². The molecule has 2 aromatic rings. The second kappa shape index (κ2) is 7.19. The maximum absolute atomic E-state index is 12.7. The molecule has 1 aromatic heterocycles. The van der Waals surface area contributed by atoms with Crippen molar-refractivity contribution in [3.05, 3.63) is 47.2 Å². The molecule has 7 heteroatoms. The molecule has 0 unspecified atom stereocenters. The second-order valence-electron chi connectivity index (χ2n) is 5.91. The van der Waals surface area contributed by atoms with Gasteiger partial charge in [-0.15, -0.1) is 0 Å². The molecule has 0 saturated heterocycles. The molecule has 130 valence electrons. The quantitative estimate of drug-likeness (QED) is 0.868. The van der Waals surface area contributed by atoms with E-state index in [9.17, 15) is 8.42 Å². The van der Waals surface area contributed by atoms with Gasteiger partial charge < -0.3 is 9.64 Å². The van der Waals surface area contributed by atoms with Crippen LogP contribution in [-0.2, 0) is 16.6 Å². The number of hydrogen-bond donors (Lipinski definition) is 1. The molecule has 1 heterocycles. The van der Waals surface area contributed by atoms with E-state index in [1.807, 2.05) is 32.0 Å². The highest BCUT2D eigenvalue weighted by molar-refractivity contribution is 7.92. The van der Waals surface area contributed by atoms with Gasteiger partial charge in [0.25, 0.3) is 10.0 Å². The molecule has 0 aliphatic rings. The zero-order valence-corrected chi connectivity index (χ0v) is 15.4. The third-order valence-corrected chi connectivity index (χ3v) is 5.26. The Labute approximate surface area is 143 Å². The number of sulfonamides is 1. The van der Waals surface area contributed by atoms with Crippen LogP contribution in [0.3, 0.4) is 0 Å². The number of methoxy groups -OCH3 is 1. The van der Waals surface area contributed by atoms with Crippen molar-refractivity contribution in [3.8, 4) is 5.75 Å². The standard InChI is InChI=1S/C17H23N3O3S/c1-12-13(2)16(7-6-15(12)23-5)24(21,22)19-17-10-14(8-9-18-17)11-20(3)4/h6-10H,11H2,1-5H3,(H,18,19). The fourth-order valence-corrected chi connectivity index (χ4v) is 3.77. The number of rotatable bonds is 6. The van der Waals surface area contributed by atoms with Crippen molar-refractivity contribution in [2.75, 3.05) is 25.9 Å². The lowest BCUT2D eigenvalue weighted by Gasteiger charge is -2.15. The predicted molar refractivity (Wildman–Crippen MR) is 94.9 cm³/mol. The zero-order valence-electron chi connectivity index (χ0n) is 14.6. The van der Waals surface area contributed by atoms with Gasteiger partial charge in [0.05, 0.1) is 12.0 Å². The van der Waals surface area contributed by atoms with Gasteiger partial charge >= 0.3 is 0 Å². The van der Waals surface area contributed by atoms with E-state index in [-0.39, 0.29) is 4.90 Å². The van der Waals surface area contributed by atoms with Gasteiger partial charge in [-0.1, -0.05) is 0 Å². The molecule has 6 nitrogen and oxygen atoms in total. The molecule has 1 aromatic carbocycles. The van der Waals surface area contributed by atoms with Crippen LogP contribution in [0.15, 0.2) is 35.4 Å². The first kappa shape index (κ1) is 18.2. The topological polar surface area (TPSA) is 71.5 Å². The Balaban J connectivity index is 2.34. The Bertz CT molecular complexity index is 833. The predicted octanol–water partition coefficient (Wildman–Crippen LogP) is 2.57. The van der Waals surface area contributed by atoms with Gasteiger partial charge in [0.2, 0.25) is 0 Å². The van der Waals surface area contributed by atoms with Crippen LogP contribution in [0.4, 0.5) is 5.82 Å². The number of ether oxygens (including phenoxy) is 1. The van der Waals surface area contributed by atoms with Crippen LogP contribution in [0.1, 0.15) is 16.7 Å². The number of aromatic nitrogens is 1. The first-order chi connectivity index (χ1) is 11.2. The minimum absolute atomic E-state index is 0.223. The monoisotopic (exact) mass is 349 g/mol. The highest BCUT2D eigenvalue weighted by Gasteiger charge is 2.20. The van der Waals surface area contributed by atoms with E-state index in [2.05, 4.69) is 9.71 Å². The number of pyridine rings is 1. The van der Waals surface area contributed by atoms with Gasteiger partial charge in [-0.05, 0) is 68.9 Å². The van der Waals surface area contributed by atoms with E-state index in [0.717, 1.165) is 11.1 Å². The second-order valence-corrected chi connectivity index (χ2v) is 7.56. The molecular formula is C17H23N3O3S. The highest BCUT2D eigenvalue weighted by Crippen LogP contribution is 2.27. The van der Waals surface area contributed by atoms with Crippen LogP contribution in [0.25, 0.3) is 0 Å². The number of hydrogen-bond acceptors (Lipinski definition) is 5. The lowest BCUT2D eigenvalue weighted by molar-refractivity contribution is 0.402. The molecule has 0 saturated carbocycles. The number of benzene rings is 1. The van der Waals surface area contributed by atoms with E-state index in [0.29, 0.717) is 23.7 Å². The summed E-state index contributed by atoms with van der Waals surface area (Å²) >= 11 is 0. The lowest BCUT2D eigenvalue weighted by Crippen LogP contribution is -2.16. The Kier molecular flexibility index (Phi) is 5.46. The Hall–Kier alpha value is -2.12. The van der Waals surface area contributed by atoms with Crippen LogP contribution in [0.2, 0.25) is 0 Å². The smallest absolute Gasteiger partial charge is 0.263 e. The first-order valence-electron chi connectivity index (χ1n) is 7.51. The van der Waals surface area contributed by atoms with Crippen molar-refractivity contribution in [2.24, 2.45) is 0 Å². The minimum Gasteiger partial charge on any atom is -0.496 e. The minimum atomic E-state index is -3.72. The summed E-state index contributed by atoms with van der Waals surface area (Å²) in [5.74, 6) is 0.972. The van der Waals surface area contributed by atoms with E-state index in [1.165, 1.54) is 0 Å². The van der Waals surface area contributed by atoms with Crippen molar-refractivity contribution in [3.63, 3.8) is 0 Å². The molecule has 24 heavy (non-hydrogen) atoms. The van der Waals surface area contributed by atoms with Crippen molar-refractivity contribution < 1.29 is 13.2 Å². The summed E-state index contributed by atoms with van der Waals surface area (Å²) in [6.07, 6.45) is 1.60. The van der Waals surface area contributed by atoms with Crippen molar-refractivity contribution in [1.82, 2.24) is 9.88 Å². The van der Waals surface area contributed by atoms with E-state index < -0.39 is 10.0 Å². The van der Waals surface area contributed by atoms with Crippen LogP contribution in [0.5, 0.6) is 5.75 Å². The molecule has 0 amide bonds. The Morgan fingerprint density at radius 3 is 2.50 bits per heavy atom. The summed E-state index contributed by atoms with van der Waals surface area (Å²) < 4.78 is 33.2. The molecule has 2 rings (SSSR count). The third-order valence-electron chi connectivity index (χ3n) is 3.76. The lowest BCUT2D eigenvalue weighted by atomic mass is 10.1. The maximum atomic E-state index is 12.7. The molecule has 0 aliphatic heterocycles. The number of nitrogens with zero attached hydrogens (tertiary/aromatic N) is 2. The van der Waals surface area contributed by atoms with E-state index >= 15 is 0 Å². The van der Waals surface area contributed by atoms with E-state index in [1.54, 1.807) is 38.4 Å². The van der Waals surface area contributed by atoms with Gasteiger partial charge in [0.1, 0.15) is 11.6 Å². The molecule has 0 aliphatic carbocycles. The Morgan fingerprint density at radius 1 is 1.17 bits per heavy atom. The highest BCUT2D eigenvalue weighted by atomic mass is 32.2. The average Bonchev–Trinajstić information content (AvgIpc) is 2.49. The molecule has 0 bridgehead atoms. The molecule has 0 atom stereocenters. The fraction of sp³-hybridized carbons (Fsp3) is 0.353. The summed E-state index contributed by atoms with van der Waals surface area (Å²) in [6.45, 7) is 4.31. The molecule has 0 spiro atoms. The first-order valence-corrected chi connectivity index (χ1v) is 8.99. The maximum Gasteiger partial charge on any atom is 0.263 e. The summed E-state index contributed by atoms with van der Waals surface area (Å²) in [6, 6.07) is 6.81. The summed E-state index contributed by atoms with van der Waals surface area (Å²) in [4.78, 5) is 6.34. The van der Waals surface area contributed by atoms with E-state index in [4.69, 9.17) is 4.74 Å². The van der Waals surface area contributed by atoms with Gasteiger partial charge in [-0.3, -0.25) is 4.72 Å². The fourth-order valence-electron chi connectivity index (χ4n) is 2.47. The van der Waals surface area contributed by atoms with Gasteiger partial charge in [-0.2, -0.15) is 0 Å². The van der Waals surface area contributed by atoms with Crippen LogP contribution < -0.4 is 9.46 Å². The summed E-state index contributed by atoms with van der Waals surface area (Å²) in [5, 5.41) is 0. The van der Waals surface area contributed by atoms with Crippen molar-refractivity contribution in [1.29, 1.82) is 0 Å². The molecule has 0 radical (unpaired) electrons. The normalized spacial score (nSPS) is 11.6. The summed E-state index contributed by atoms with van der Waals surface area (Å²) in [7, 11) is 1.75. The zero-order chi connectivity index (χ0) is 17.9. The van der Waals surface area contributed by atoms with Crippen molar-refractivity contribution in [2.45, 2.75) is 25.3 Å². The number of nitrogens with one attached hydrogen (secondary N) is 1. The molecule has 0 fully saturated rings. The SMILES string of the molecule is COc1ccc(S(=O)(=O)Nc2cc(CN(C)C)ccn2)c(C)c1C. The Morgan fingerprint density at radius 2 is 1.88 bits per heavy atom. The average molecular weight is 349 g/mol. The summed E-state index contributed by atoms with van der Waals surface area (Å²) in [5.41, 5.74) is 2.44. The third kappa shape index (κ3) is 4.04. The van der Waals surface area contributed by atoms with Crippen LogP contribution in [0, 0.1) is 13.8 Å².